The van der Waals surface area contributed by atoms with Gasteiger partial charge in [0.2, 0.25) is 0 Å². The quantitative estimate of drug-likeness (QED) is 0.642. The smallest absolute Gasteiger partial charge is 0.153 e. The summed E-state index contributed by atoms with van der Waals surface area (Å²) in [5.41, 5.74) is 4.12. The molecule has 3 aromatic rings. The van der Waals surface area contributed by atoms with E-state index in [1.807, 2.05) is 36.8 Å². The molecule has 0 bridgehead atoms. The second-order valence-electron chi connectivity index (χ2n) is 4.21. The second kappa shape index (κ2) is 3.80. The minimum absolute atomic E-state index is 0.588. The van der Waals surface area contributed by atoms with Crippen molar-refractivity contribution >= 4 is 11.9 Å². The highest BCUT2D eigenvalue weighted by molar-refractivity contribution is 5.85. The molecule has 5 nitrogen and oxygen atoms in total. The van der Waals surface area contributed by atoms with E-state index < -0.39 is 0 Å². The molecule has 0 aliphatic carbocycles. The monoisotopic (exact) mass is 240 g/mol. The van der Waals surface area contributed by atoms with Crippen molar-refractivity contribution in [1.82, 2.24) is 19.2 Å². The minimum Gasteiger partial charge on any atom is -0.306 e. The molecule has 0 radical (unpaired) electrons. The highest BCUT2D eigenvalue weighted by atomic mass is 16.1. The largest absolute Gasteiger partial charge is 0.306 e. The molecule has 0 unspecified atom stereocenters. The highest BCUT2D eigenvalue weighted by Crippen LogP contribution is 2.22. The SMILES string of the molecule is Cc1c(-c2cn3cccc(C=O)c3n2)cnn1C. The lowest BCUT2D eigenvalue weighted by Crippen LogP contribution is -1.92. The first-order valence-corrected chi connectivity index (χ1v) is 5.62. The maximum atomic E-state index is 11.0. The van der Waals surface area contributed by atoms with Gasteiger partial charge in [-0.1, -0.05) is 0 Å². The molecule has 0 saturated heterocycles. The Morgan fingerprint density at radius 3 is 2.89 bits per heavy atom. The third-order valence-electron chi connectivity index (χ3n) is 3.15. The summed E-state index contributed by atoms with van der Waals surface area (Å²) in [6.07, 6.45) is 6.40. The van der Waals surface area contributed by atoms with Crippen LogP contribution in [0.5, 0.6) is 0 Å². The molecule has 0 saturated carbocycles. The molecular formula is C13H12N4O. The third-order valence-corrected chi connectivity index (χ3v) is 3.15. The van der Waals surface area contributed by atoms with Crippen LogP contribution in [0.4, 0.5) is 0 Å². The Morgan fingerprint density at radius 1 is 1.39 bits per heavy atom. The van der Waals surface area contributed by atoms with E-state index in [4.69, 9.17) is 0 Å². The first-order chi connectivity index (χ1) is 8.70. The summed E-state index contributed by atoms with van der Waals surface area (Å²) in [6, 6.07) is 3.59. The van der Waals surface area contributed by atoms with Crippen molar-refractivity contribution in [2.45, 2.75) is 6.92 Å². The van der Waals surface area contributed by atoms with Gasteiger partial charge in [0.05, 0.1) is 17.5 Å². The molecule has 0 N–H and O–H groups in total. The summed E-state index contributed by atoms with van der Waals surface area (Å²) in [7, 11) is 1.89. The first kappa shape index (κ1) is 10.7. The number of hydrogen-bond donors (Lipinski definition) is 0. The van der Waals surface area contributed by atoms with Gasteiger partial charge in [0.25, 0.3) is 0 Å². The number of fused-ring (bicyclic) bond motifs is 1. The van der Waals surface area contributed by atoms with Gasteiger partial charge in [0.15, 0.2) is 6.29 Å². The Hall–Kier alpha value is -2.43. The number of rotatable bonds is 2. The van der Waals surface area contributed by atoms with Crippen molar-refractivity contribution in [3.8, 4) is 11.3 Å². The summed E-state index contributed by atoms with van der Waals surface area (Å²) in [5, 5.41) is 4.20. The van der Waals surface area contributed by atoms with E-state index in [2.05, 4.69) is 10.1 Å². The topological polar surface area (TPSA) is 52.2 Å². The van der Waals surface area contributed by atoms with Gasteiger partial charge >= 0.3 is 0 Å². The van der Waals surface area contributed by atoms with Crippen LogP contribution in [0.15, 0.2) is 30.7 Å². The van der Waals surface area contributed by atoms with Crippen LogP contribution in [-0.2, 0) is 7.05 Å². The zero-order chi connectivity index (χ0) is 12.7. The maximum Gasteiger partial charge on any atom is 0.153 e. The zero-order valence-corrected chi connectivity index (χ0v) is 10.2. The van der Waals surface area contributed by atoms with Crippen LogP contribution in [-0.4, -0.2) is 25.5 Å². The normalized spacial score (nSPS) is 11.0. The van der Waals surface area contributed by atoms with Crippen LogP contribution in [0.3, 0.4) is 0 Å². The fourth-order valence-corrected chi connectivity index (χ4v) is 2.01. The van der Waals surface area contributed by atoms with Gasteiger partial charge in [0, 0.05) is 30.7 Å². The number of nitrogens with zero attached hydrogens (tertiary/aromatic N) is 4. The highest BCUT2D eigenvalue weighted by Gasteiger charge is 2.11. The lowest BCUT2D eigenvalue weighted by Gasteiger charge is -1.95. The van der Waals surface area contributed by atoms with Crippen molar-refractivity contribution in [3.63, 3.8) is 0 Å². The number of aryl methyl sites for hydroxylation is 1. The van der Waals surface area contributed by atoms with Gasteiger partial charge in [-0.3, -0.25) is 9.48 Å². The molecule has 5 heteroatoms. The van der Waals surface area contributed by atoms with E-state index in [0.717, 1.165) is 23.2 Å². The van der Waals surface area contributed by atoms with Crippen LogP contribution >= 0.6 is 0 Å². The van der Waals surface area contributed by atoms with Crippen LogP contribution < -0.4 is 0 Å². The van der Waals surface area contributed by atoms with Crippen molar-refractivity contribution in [1.29, 1.82) is 0 Å². The molecule has 0 amide bonds. The van der Waals surface area contributed by atoms with E-state index in [0.29, 0.717) is 11.2 Å². The first-order valence-electron chi connectivity index (χ1n) is 5.62. The van der Waals surface area contributed by atoms with Crippen LogP contribution in [0, 0.1) is 6.92 Å². The predicted octanol–water partition coefficient (Wildman–Crippen LogP) is 1.86. The predicted molar refractivity (Wildman–Crippen MR) is 67.5 cm³/mol. The zero-order valence-electron chi connectivity index (χ0n) is 10.2. The van der Waals surface area contributed by atoms with E-state index in [9.17, 15) is 4.79 Å². The van der Waals surface area contributed by atoms with E-state index in [-0.39, 0.29) is 0 Å². The average Bonchev–Trinajstić information content (AvgIpc) is 2.94. The maximum absolute atomic E-state index is 11.0. The van der Waals surface area contributed by atoms with Gasteiger partial charge in [-0.25, -0.2) is 4.98 Å². The molecule has 3 heterocycles. The van der Waals surface area contributed by atoms with Gasteiger partial charge in [-0.15, -0.1) is 0 Å². The van der Waals surface area contributed by atoms with Gasteiger partial charge in [0.1, 0.15) is 5.65 Å². The molecule has 0 fully saturated rings. The Bertz CT molecular complexity index is 739. The molecule has 3 rings (SSSR count). The molecule has 0 spiro atoms. The van der Waals surface area contributed by atoms with E-state index >= 15 is 0 Å². The fraction of sp³-hybridized carbons (Fsp3) is 0.154. The third kappa shape index (κ3) is 1.44. The van der Waals surface area contributed by atoms with Crippen molar-refractivity contribution < 1.29 is 4.79 Å². The van der Waals surface area contributed by atoms with Crippen LogP contribution in [0.2, 0.25) is 0 Å². The fourth-order valence-electron chi connectivity index (χ4n) is 2.01. The molecule has 0 atom stereocenters. The number of aldehydes is 1. The van der Waals surface area contributed by atoms with Gasteiger partial charge in [-0.05, 0) is 19.1 Å². The number of hydrogen-bond acceptors (Lipinski definition) is 3. The molecule has 18 heavy (non-hydrogen) atoms. The van der Waals surface area contributed by atoms with Gasteiger partial charge < -0.3 is 4.40 Å². The van der Waals surface area contributed by atoms with Gasteiger partial charge in [-0.2, -0.15) is 5.10 Å². The standard InChI is InChI=1S/C13H12N4O/c1-9-11(6-14-16(9)2)12-7-17-5-3-4-10(8-18)13(17)15-12/h3-8H,1-2H3. The molecule has 0 aliphatic rings. The Labute approximate surface area is 104 Å². The lowest BCUT2D eigenvalue weighted by atomic mass is 10.2. The number of carbonyl (C=O) groups excluding carboxylic acids is 1. The molecule has 0 aliphatic heterocycles. The number of pyridine rings is 1. The summed E-state index contributed by atoms with van der Waals surface area (Å²) in [5.74, 6) is 0. The molecule has 0 aromatic carbocycles. The molecular weight excluding hydrogens is 228 g/mol. The summed E-state index contributed by atoms with van der Waals surface area (Å²) in [4.78, 5) is 15.5. The minimum atomic E-state index is 0.588. The number of imidazole rings is 1. The number of aromatic nitrogens is 4. The summed E-state index contributed by atoms with van der Waals surface area (Å²) >= 11 is 0. The Morgan fingerprint density at radius 2 is 2.22 bits per heavy atom. The Balaban J connectivity index is 2.25. The van der Waals surface area contributed by atoms with Crippen molar-refractivity contribution in [3.05, 3.63) is 42.0 Å². The van der Waals surface area contributed by atoms with Crippen molar-refractivity contribution in [2.75, 3.05) is 0 Å². The number of carbonyl (C=O) groups is 1. The summed E-state index contributed by atoms with van der Waals surface area (Å²) < 4.78 is 3.66. The summed E-state index contributed by atoms with van der Waals surface area (Å²) in [6.45, 7) is 1.99. The Kier molecular flexibility index (Phi) is 2.26. The van der Waals surface area contributed by atoms with Crippen molar-refractivity contribution in [2.24, 2.45) is 7.05 Å². The average molecular weight is 240 g/mol. The van der Waals surface area contributed by atoms with Crippen LogP contribution in [0.25, 0.3) is 16.9 Å². The van der Waals surface area contributed by atoms with E-state index in [1.54, 1.807) is 16.9 Å². The van der Waals surface area contributed by atoms with E-state index in [1.165, 1.54) is 0 Å². The molecule has 3 aromatic heterocycles. The molecule has 90 valence electrons. The lowest BCUT2D eigenvalue weighted by molar-refractivity contribution is 0.112. The second-order valence-corrected chi connectivity index (χ2v) is 4.21. The van der Waals surface area contributed by atoms with Crippen LogP contribution in [0.1, 0.15) is 16.1 Å².